The van der Waals surface area contributed by atoms with Gasteiger partial charge >= 0.3 is 5.97 Å². The highest BCUT2D eigenvalue weighted by Gasteiger charge is 2.09. The van der Waals surface area contributed by atoms with Gasteiger partial charge < -0.3 is 9.47 Å². The van der Waals surface area contributed by atoms with Crippen LogP contribution in [0, 0.1) is 17.2 Å². The minimum absolute atomic E-state index is 0.0460. The van der Waals surface area contributed by atoms with Crippen LogP contribution in [0.3, 0.4) is 0 Å². The van der Waals surface area contributed by atoms with E-state index in [1.165, 1.54) is 12.2 Å². The largest absolute Gasteiger partial charge is 0.494 e. The van der Waals surface area contributed by atoms with Crippen LogP contribution in [0.4, 0.5) is 0 Å². The van der Waals surface area contributed by atoms with Crippen molar-refractivity contribution in [3.05, 3.63) is 48.1 Å². The summed E-state index contributed by atoms with van der Waals surface area (Å²) in [5.74, 6) is 0.715. The van der Waals surface area contributed by atoms with Gasteiger partial charge in [0.25, 0.3) is 0 Å². The van der Waals surface area contributed by atoms with Crippen molar-refractivity contribution in [2.24, 2.45) is 5.92 Å². The highest BCUT2D eigenvalue weighted by atomic mass is 16.5. The molecule has 22 heavy (non-hydrogen) atoms. The fourth-order valence-corrected chi connectivity index (χ4v) is 1.59. The number of benzene rings is 1. The van der Waals surface area contributed by atoms with E-state index in [1.807, 2.05) is 18.2 Å². The fraction of sp³-hybridized carbons (Fsp3) is 0.333. The summed E-state index contributed by atoms with van der Waals surface area (Å²) >= 11 is 0. The Balaban J connectivity index is 2.68. The number of carbonyl (C=O) groups is 1. The smallest absolute Gasteiger partial charge is 0.349 e. The van der Waals surface area contributed by atoms with Crippen LogP contribution in [0.25, 0.3) is 6.08 Å². The van der Waals surface area contributed by atoms with Gasteiger partial charge in [0.05, 0.1) is 6.61 Å². The lowest BCUT2D eigenvalue weighted by molar-refractivity contribution is -0.137. The second-order valence-corrected chi connectivity index (χ2v) is 5.16. The lowest BCUT2D eigenvalue weighted by Gasteiger charge is -2.08. The first-order valence-corrected chi connectivity index (χ1v) is 7.19. The summed E-state index contributed by atoms with van der Waals surface area (Å²) in [6.07, 6.45) is 3.94. The van der Waals surface area contributed by atoms with Crippen LogP contribution in [0.2, 0.25) is 0 Å². The molecule has 116 valence electrons. The van der Waals surface area contributed by atoms with Gasteiger partial charge in [0.2, 0.25) is 0 Å². The number of nitrogens with zero attached hydrogens (tertiary/aromatic N) is 1. The first-order valence-electron chi connectivity index (χ1n) is 7.19. The van der Waals surface area contributed by atoms with Crippen molar-refractivity contribution in [2.75, 3.05) is 13.2 Å². The molecule has 0 spiro atoms. The number of carbonyl (C=O) groups excluding carboxylic acids is 1. The van der Waals surface area contributed by atoms with E-state index in [0.29, 0.717) is 12.5 Å². The summed E-state index contributed by atoms with van der Waals surface area (Å²) in [6.45, 7) is 8.50. The molecule has 0 heterocycles. The van der Waals surface area contributed by atoms with E-state index in [-0.39, 0.29) is 12.2 Å². The molecule has 0 saturated carbocycles. The van der Waals surface area contributed by atoms with Crippen LogP contribution >= 0.6 is 0 Å². The molecular weight excluding hydrogens is 278 g/mol. The van der Waals surface area contributed by atoms with Crippen molar-refractivity contribution < 1.29 is 14.3 Å². The maximum atomic E-state index is 11.6. The van der Waals surface area contributed by atoms with Gasteiger partial charge in [-0.3, -0.25) is 0 Å². The summed E-state index contributed by atoms with van der Waals surface area (Å²) < 4.78 is 10.5. The van der Waals surface area contributed by atoms with Crippen LogP contribution < -0.4 is 4.74 Å². The topological polar surface area (TPSA) is 59.3 Å². The van der Waals surface area contributed by atoms with Crippen LogP contribution in [-0.2, 0) is 9.53 Å². The number of hydrogen-bond acceptors (Lipinski definition) is 4. The van der Waals surface area contributed by atoms with Crippen molar-refractivity contribution in [2.45, 2.75) is 20.3 Å². The van der Waals surface area contributed by atoms with Gasteiger partial charge in [-0.25, -0.2) is 4.79 Å². The quantitative estimate of drug-likeness (QED) is 0.317. The SMILES string of the molecule is C=CCOC(=O)C(C#N)=Cc1ccc(OCCC(C)C)cc1. The number of rotatable bonds is 8. The van der Waals surface area contributed by atoms with Gasteiger partial charge in [-0.15, -0.1) is 0 Å². The van der Waals surface area contributed by atoms with Crippen molar-refractivity contribution in [1.82, 2.24) is 0 Å². The summed E-state index contributed by atoms with van der Waals surface area (Å²) in [4.78, 5) is 11.6. The first kappa shape index (κ1) is 17.5. The van der Waals surface area contributed by atoms with Crippen molar-refractivity contribution >= 4 is 12.0 Å². The number of hydrogen-bond donors (Lipinski definition) is 0. The average Bonchev–Trinajstić information content (AvgIpc) is 2.51. The third-order valence-corrected chi connectivity index (χ3v) is 2.83. The average molecular weight is 299 g/mol. The molecule has 0 aliphatic carbocycles. The molecule has 1 aromatic carbocycles. The van der Waals surface area contributed by atoms with Gasteiger partial charge in [0.1, 0.15) is 24.0 Å². The molecule has 0 amide bonds. The number of nitriles is 1. The minimum Gasteiger partial charge on any atom is -0.494 e. The van der Waals surface area contributed by atoms with Crippen LogP contribution in [0.15, 0.2) is 42.5 Å². The van der Waals surface area contributed by atoms with Crippen molar-refractivity contribution in [3.8, 4) is 11.8 Å². The molecule has 0 N–H and O–H groups in total. The molecule has 0 radical (unpaired) electrons. The molecule has 1 aromatic rings. The Morgan fingerprint density at radius 1 is 1.36 bits per heavy atom. The first-order chi connectivity index (χ1) is 10.6. The second-order valence-electron chi connectivity index (χ2n) is 5.16. The lowest BCUT2D eigenvalue weighted by Crippen LogP contribution is -2.06. The third kappa shape index (κ3) is 6.27. The van der Waals surface area contributed by atoms with E-state index in [9.17, 15) is 4.79 Å². The van der Waals surface area contributed by atoms with Gasteiger partial charge in [-0.1, -0.05) is 38.6 Å². The van der Waals surface area contributed by atoms with E-state index in [1.54, 1.807) is 12.1 Å². The van der Waals surface area contributed by atoms with Gasteiger partial charge in [0, 0.05) is 0 Å². The maximum absolute atomic E-state index is 11.6. The van der Waals surface area contributed by atoms with E-state index in [4.69, 9.17) is 14.7 Å². The lowest BCUT2D eigenvalue weighted by atomic mass is 10.1. The zero-order valence-electron chi connectivity index (χ0n) is 13.0. The molecule has 0 fully saturated rings. The molecule has 4 heteroatoms. The molecule has 4 nitrogen and oxygen atoms in total. The summed E-state index contributed by atoms with van der Waals surface area (Å²) in [6, 6.07) is 9.06. The van der Waals surface area contributed by atoms with Crippen LogP contribution in [-0.4, -0.2) is 19.2 Å². The minimum atomic E-state index is -0.653. The number of esters is 1. The summed E-state index contributed by atoms with van der Waals surface area (Å²) in [5, 5.41) is 9.01. The molecule has 0 aliphatic heterocycles. The Labute approximate surface area is 131 Å². The van der Waals surface area contributed by atoms with Gasteiger partial charge in [0.15, 0.2) is 0 Å². The Hall–Kier alpha value is -2.54. The van der Waals surface area contributed by atoms with Crippen LogP contribution in [0.5, 0.6) is 5.75 Å². The molecule has 0 aromatic heterocycles. The molecule has 0 saturated heterocycles. The van der Waals surface area contributed by atoms with Gasteiger partial charge in [-0.2, -0.15) is 5.26 Å². The Bertz CT molecular complexity index is 565. The molecule has 1 rings (SSSR count). The molecule has 0 unspecified atom stereocenters. The third-order valence-electron chi connectivity index (χ3n) is 2.83. The molecule has 0 aliphatic rings. The van der Waals surface area contributed by atoms with Crippen molar-refractivity contribution in [3.63, 3.8) is 0 Å². The summed E-state index contributed by atoms with van der Waals surface area (Å²) in [5.41, 5.74) is 0.693. The maximum Gasteiger partial charge on any atom is 0.349 e. The van der Waals surface area contributed by atoms with Crippen LogP contribution in [0.1, 0.15) is 25.8 Å². The Morgan fingerprint density at radius 2 is 2.05 bits per heavy atom. The molecule has 0 bridgehead atoms. The highest BCUT2D eigenvalue weighted by Crippen LogP contribution is 2.16. The Kier molecular flexibility index (Phi) is 7.49. The van der Waals surface area contributed by atoms with Gasteiger partial charge in [-0.05, 0) is 36.1 Å². The molecule has 0 atom stereocenters. The van der Waals surface area contributed by atoms with E-state index in [0.717, 1.165) is 17.7 Å². The normalized spacial score (nSPS) is 10.9. The predicted molar refractivity (Wildman–Crippen MR) is 86.1 cm³/mol. The highest BCUT2D eigenvalue weighted by molar-refractivity contribution is 5.97. The van der Waals surface area contributed by atoms with Crippen molar-refractivity contribution in [1.29, 1.82) is 5.26 Å². The predicted octanol–water partition coefficient (Wildman–Crippen LogP) is 3.75. The number of ether oxygens (including phenoxy) is 2. The fourth-order valence-electron chi connectivity index (χ4n) is 1.59. The second kappa shape index (κ2) is 9.41. The Morgan fingerprint density at radius 3 is 2.59 bits per heavy atom. The van der Waals surface area contributed by atoms with E-state index in [2.05, 4.69) is 20.4 Å². The summed E-state index contributed by atoms with van der Waals surface area (Å²) in [7, 11) is 0. The zero-order chi connectivity index (χ0) is 16.4. The molecular formula is C18H21NO3. The van der Waals surface area contributed by atoms with E-state index >= 15 is 0 Å². The standard InChI is InChI=1S/C18H21NO3/c1-4-10-22-18(20)16(13-19)12-15-5-7-17(8-6-15)21-11-9-14(2)3/h4-8,12,14H,1,9-11H2,2-3H3. The van der Waals surface area contributed by atoms with E-state index < -0.39 is 5.97 Å². The monoisotopic (exact) mass is 299 g/mol. The zero-order valence-corrected chi connectivity index (χ0v) is 13.0.